The lowest BCUT2D eigenvalue weighted by Crippen LogP contribution is -2.47. The molecule has 0 unspecified atom stereocenters. The van der Waals surface area contributed by atoms with E-state index < -0.39 is 10.0 Å². The highest BCUT2D eigenvalue weighted by Crippen LogP contribution is 2.19. The molecule has 0 radical (unpaired) electrons. The predicted octanol–water partition coefficient (Wildman–Crippen LogP) is 2.13. The number of benzene rings is 2. The molecule has 3 rings (SSSR count). The van der Waals surface area contributed by atoms with E-state index in [0.29, 0.717) is 38.3 Å². The van der Waals surface area contributed by atoms with Gasteiger partial charge in [-0.3, -0.25) is 4.79 Å². The van der Waals surface area contributed by atoms with Crippen molar-refractivity contribution in [3.63, 3.8) is 0 Å². The van der Waals surface area contributed by atoms with Gasteiger partial charge in [0.15, 0.2) is 0 Å². The zero-order valence-electron chi connectivity index (χ0n) is 17.7. The fraction of sp³-hybridized carbons (Fsp3) is 0.409. The van der Waals surface area contributed by atoms with Crippen LogP contribution in [0, 0.1) is 6.92 Å². The summed E-state index contributed by atoms with van der Waals surface area (Å²) < 4.78 is 33.0. The van der Waals surface area contributed by atoms with E-state index in [1.165, 1.54) is 16.4 Å². The molecule has 2 aromatic carbocycles. The van der Waals surface area contributed by atoms with Gasteiger partial charge in [0.2, 0.25) is 10.0 Å². The number of aryl methyl sites for hydroxylation is 1. The summed E-state index contributed by atoms with van der Waals surface area (Å²) >= 11 is 0. The van der Waals surface area contributed by atoms with Crippen LogP contribution in [0.1, 0.15) is 22.8 Å². The first-order valence-electron chi connectivity index (χ1n) is 10.0. The quantitative estimate of drug-likeness (QED) is 0.727. The number of hydrogen-bond donors (Lipinski definition) is 1. The molecule has 1 N–H and O–H groups in total. The highest BCUT2D eigenvalue weighted by Gasteiger charge is 2.28. The number of ether oxygens (including phenoxy) is 1. The summed E-state index contributed by atoms with van der Waals surface area (Å²) in [5, 5.41) is 2.86. The Balaban J connectivity index is 1.61. The largest absolute Gasteiger partial charge is 0.491 e. The van der Waals surface area contributed by atoms with Crippen LogP contribution in [0.15, 0.2) is 53.4 Å². The molecule has 1 aliphatic heterocycles. The molecular weight excluding hydrogens is 402 g/mol. The van der Waals surface area contributed by atoms with Gasteiger partial charge in [-0.05, 0) is 51.2 Å². The number of likely N-dealkylation sites (N-methyl/N-ethyl adjacent to an activating group) is 1. The Labute approximate surface area is 178 Å². The summed E-state index contributed by atoms with van der Waals surface area (Å²) in [5.74, 6) is 0.410. The van der Waals surface area contributed by atoms with Gasteiger partial charge in [-0.25, -0.2) is 8.42 Å². The first-order chi connectivity index (χ1) is 14.3. The molecule has 1 saturated heterocycles. The summed E-state index contributed by atoms with van der Waals surface area (Å²) in [6.07, 6.45) is 0. The number of carbonyl (C=O) groups excluding carboxylic acids is 1. The van der Waals surface area contributed by atoms with E-state index in [-0.39, 0.29) is 16.8 Å². The van der Waals surface area contributed by atoms with Gasteiger partial charge in [0.25, 0.3) is 5.91 Å². The lowest BCUT2D eigenvalue weighted by atomic mass is 10.2. The maximum atomic E-state index is 12.9. The number of rotatable bonds is 7. The van der Waals surface area contributed by atoms with E-state index in [1.54, 1.807) is 12.1 Å². The Kier molecular flexibility index (Phi) is 7.12. The fourth-order valence-electron chi connectivity index (χ4n) is 3.18. The molecule has 1 heterocycles. The zero-order valence-corrected chi connectivity index (χ0v) is 18.5. The smallest absolute Gasteiger partial charge is 0.251 e. The van der Waals surface area contributed by atoms with Crippen LogP contribution in [0.4, 0.5) is 0 Å². The normalized spacial score (nSPS) is 16.8. The van der Waals surface area contributed by atoms with Gasteiger partial charge in [-0.2, -0.15) is 4.31 Å². The molecule has 0 aromatic heterocycles. The monoisotopic (exact) mass is 431 g/mol. The van der Waals surface area contributed by atoms with Crippen molar-refractivity contribution in [1.29, 1.82) is 0 Å². The van der Waals surface area contributed by atoms with Crippen molar-refractivity contribution in [1.82, 2.24) is 14.5 Å². The number of amides is 1. The molecule has 0 aliphatic carbocycles. The van der Waals surface area contributed by atoms with Crippen molar-refractivity contribution in [2.24, 2.45) is 0 Å². The zero-order chi connectivity index (χ0) is 21.7. The van der Waals surface area contributed by atoms with E-state index >= 15 is 0 Å². The van der Waals surface area contributed by atoms with Gasteiger partial charge < -0.3 is 15.0 Å². The summed E-state index contributed by atoms with van der Waals surface area (Å²) in [6.45, 7) is 6.44. The molecule has 8 heteroatoms. The van der Waals surface area contributed by atoms with Crippen LogP contribution in [0.25, 0.3) is 0 Å². The summed E-state index contributed by atoms with van der Waals surface area (Å²) in [5.41, 5.74) is 1.46. The van der Waals surface area contributed by atoms with E-state index in [4.69, 9.17) is 4.74 Å². The lowest BCUT2D eigenvalue weighted by Gasteiger charge is -2.31. The lowest BCUT2D eigenvalue weighted by molar-refractivity contribution is 0.0926. The van der Waals surface area contributed by atoms with Crippen molar-refractivity contribution in [2.45, 2.75) is 24.8 Å². The number of carbonyl (C=O) groups is 1. The third kappa shape index (κ3) is 5.59. The van der Waals surface area contributed by atoms with Crippen molar-refractivity contribution in [2.75, 3.05) is 39.8 Å². The Morgan fingerprint density at radius 1 is 1.10 bits per heavy atom. The van der Waals surface area contributed by atoms with E-state index in [0.717, 1.165) is 11.3 Å². The average Bonchev–Trinajstić information content (AvgIpc) is 2.74. The number of nitrogens with zero attached hydrogens (tertiary/aromatic N) is 2. The maximum Gasteiger partial charge on any atom is 0.251 e. The van der Waals surface area contributed by atoms with Crippen molar-refractivity contribution in [3.8, 4) is 5.75 Å². The third-order valence-electron chi connectivity index (χ3n) is 5.09. The molecule has 1 aliphatic rings. The molecule has 1 fully saturated rings. The molecule has 1 atom stereocenters. The van der Waals surface area contributed by atoms with Gasteiger partial charge in [0.1, 0.15) is 12.4 Å². The number of nitrogens with one attached hydrogen (secondary N) is 1. The second kappa shape index (κ2) is 9.59. The highest BCUT2D eigenvalue weighted by atomic mass is 32.2. The van der Waals surface area contributed by atoms with Crippen LogP contribution in [0.3, 0.4) is 0 Å². The van der Waals surface area contributed by atoms with Crippen LogP contribution < -0.4 is 10.1 Å². The molecule has 7 nitrogen and oxygen atoms in total. The van der Waals surface area contributed by atoms with Crippen molar-refractivity contribution < 1.29 is 17.9 Å². The van der Waals surface area contributed by atoms with Crippen LogP contribution in [0.2, 0.25) is 0 Å². The highest BCUT2D eigenvalue weighted by molar-refractivity contribution is 7.89. The first kappa shape index (κ1) is 22.3. The Bertz CT molecular complexity index is 968. The molecule has 0 bridgehead atoms. The summed E-state index contributed by atoms with van der Waals surface area (Å²) in [6, 6.07) is 13.7. The standard InChI is InChI=1S/C22H29N3O4S/c1-17-7-9-20(10-8-17)29-16-18(2)23-22(26)19-5-4-6-21(15-19)30(27,28)25-13-11-24(3)12-14-25/h4-10,15,18H,11-14,16H2,1-3H3,(H,23,26)/t18-/m0/s1. The Morgan fingerprint density at radius 2 is 1.77 bits per heavy atom. The summed E-state index contributed by atoms with van der Waals surface area (Å²) in [7, 11) is -1.65. The minimum absolute atomic E-state index is 0.142. The second-order valence-electron chi connectivity index (χ2n) is 7.73. The number of hydrogen-bond acceptors (Lipinski definition) is 5. The molecule has 162 valence electrons. The minimum Gasteiger partial charge on any atom is -0.491 e. The van der Waals surface area contributed by atoms with Gasteiger partial charge >= 0.3 is 0 Å². The summed E-state index contributed by atoms with van der Waals surface area (Å²) in [4.78, 5) is 14.9. The van der Waals surface area contributed by atoms with Gasteiger partial charge in [0, 0.05) is 31.7 Å². The van der Waals surface area contributed by atoms with Crippen molar-refractivity contribution in [3.05, 3.63) is 59.7 Å². The molecular formula is C22H29N3O4S. The Morgan fingerprint density at radius 3 is 2.43 bits per heavy atom. The Hall–Kier alpha value is -2.42. The fourth-order valence-corrected chi connectivity index (χ4v) is 4.65. The molecule has 0 spiro atoms. The number of sulfonamides is 1. The van der Waals surface area contributed by atoms with Crippen LogP contribution in [-0.2, 0) is 10.0 Å². The second-order valence-corrected chi connectivity index (χ2v) is 9.67. The third-order valence-corrected chi connectivity index (χ3v) is 6.99. The van der Waals surface area contributed by atoms with Gasteiger partial charge in [-0.1, -0.05) is 23.8 Å². The van der Waals surface area contributed by atoms with Gasteiger partial charge in [0.05, 0.1) is 10.9 Å². The van der Waals surface area contributed by atoms with Crippen LogP contribution >= 0.6 is 0 Å². The number of piperazine rings is 1. The van der Waals surface area contributed by atoms with E-state index in [1.807, 2.05) is 45.2 Å². The van der Waals surface area contributed by atoms with Crippen LogP contribution in [0.5, 0.6) is 5.75 Å². The maximum absolute atomic E-state index is 12.9. The molecule has 0 saturated carbocycles. The minimum atomic E-state index is -3.62. The van der Waals surface area contributed by atoms with Crippen molar-refractivity contribution >= 4 is 15.9 Å². The molecule has 1 amide bonds. The van der Waals surface area contributed by atoms with Crippen LogP contribution in [-0.4, -0.2) is 69.4 Å². The van der Waals surface area contributed by atoms with E-state index in [2.05, 4.69) is 10.2 Å². The van der Waals surface area contributed by atoms with E-state index in [9.17, 15) is 13.2 Å². The average molecular weight is 432 g/mol. The SMILES string of the molecule is Cc1ccc(OC[C@H](C)NC(=O)c2cccc(S(=O)(=O)N3CCN(C)CC3)c2)cc1. The predicted molar refractivity (Wildman–Crippen MR) is 116 cm³/mol. The van der Waals surface area contributed by atoms with Gasteiger partial charge in [-0.15, -0.1) is 0 Å². The first-order valence-corrected chi connectivity index (χ1v) is 11.5. The topological polar surface area (TPSA) is 78.9 Å². The molecule has 30 heavy (non-hydrogen) atoms. The molecule has 2 aromatic rings.